The number of hydrogen-bond acceptors (Lipinski definition) is 5. The molecule has 0 aromatic heterocycles. The SMILES string of the molecule is COc1ccc(NC(=O)N2C=CNC2c2cccc(O)c2)cc1OC. The Bertz CT molecular complexity index is 807. The van der Waals surface area contributed by atoms with Crippen LogP contribution in [0.5, 0.6) is 17.2 Å². The van der Waals surface area contributed by atoms with E-state index < -0.39 is 6.17 Å². The van der Waals surface area contributed by atoms with Gasteiger partial charge in [0.15, 0.2) is 11.5 Å². The minimum absolute atomic E-state index is 0.145. The van der Waals surface area contributed by atoms with Gasteiger partial charge < -0.3 is 25.2 Å². The highest BCUT2D eigenvalue weighted by Gasteiger charge is 2.26. The highest BCUT2D eigenvalue weighted by atomic mass is 16.5. The van der Waals surface area contributed by atoms with Gasteiger partial charge in [-0.25, -0.2) is 4.79 Å². The number of benzene rings is 2. The van der Waals surface area contributed by atoms with Gasteiger partial charge in [0.2, 0.25) is 0 Å². The normalized spacial score (nSPS) is 15.6. The number of nitrogens with one attached hydrogen (secondary N) is 2. The molecule has 1 aliphatic rings. The molecule has 0 aliphatic carbocycles. The van der Waals surface area contributed by atoms with Crippen molar-refractivity contribution in [3.05, 3.63) is 60.4 Å². The molecule has 25 heavy (non-hydrogen) atoms. The van der Waals surface area contributed by atoms with Crippen molar-refractivity contribution in [1.29, 1.82) is 0 Å². The van der Waals surface area contributed by atoms with E-state index in [0.29, 0.717) is 17.2 Å². The average molecular weight is 341 g/mol. The molecule has 2 amide bonds. The Labute approximate surface area is 145 Å². The molecule has 0 radical (unpaired) electrons. The number of carbonyl (C=O) groups is 1. The van der Waals surface area contributed by atoms with Gasteiger partial charge in [-0.2, -0.15) is 0 Å². The summed E-state index contributed by atoms with van der Waals surface area (Å²) in [5.41, 5.74) is 1.35. The third-order valence-corrected chi connectivity index (χ3v) is 3.82. The molecule has 1 atom stereocenters. The Morgan fingerprint density at radius 3 is 2.68 bits per heavy atom. The molecule has 1 unspecified atom stereocenters. The second-order valence-electron chi connectivity index (χ2n) is 5.39. The van der Waals surface area contributed by atoms with Gasteiger partial charge in [0, 0.05) is 24.2 Å². The Balaban J connectivity index is 1.77. The van der Waals surface area contributed by atoms with Gasteiger partial charge in [-0.15, -0.1) is 0 Å². The molecule has 0 fully saturated rings. The lowest BCUT2D eigenvalue weighted by Crippen LogP contribution is -2.35. The largest absolute Gasteiger partial charge is 0.508 e. The standard InChI is InChI=1S/C18H19N3O4/c1-24-15-7-6-13(11-16(15)25-2)20-18(23)21-9-8-19-17(21)12-4-3-5-14(22)10-12/h3-11,17,19,22H,1-2H3,(H,20,23). The fourth-order valence-electron chi connectivity index (χ4n) is 2.62. The van der Waals surface area contributed by atoms with Gasteiger partial charge in [0.05, 0.1) is 14.2 Å². The van der Waals surface area contributed by atoms with E-state index in [9.17, 15) is 9.90 Å². The van der Waals surface area contributed by atoms with Crippen LogP contribution in [0, 0.1) is 0 Å². The fraction of sp³-hybridized carbons (Fsp3) is 0.167. The van der Waals surface area contributed by atoms with E-state index in [2.05, 4.69) is 10.6 Å². The molecule has 7 heteroatoms. The number of amides is 2. The van der Waals surface area contributed by atoms with E-state index in [-0.39, 0.29) is 11.8 Å². The van der Waals surface area contributed by atoms with Crippen molar-refractivity contribution in [3.8, 4) is 17.2 Å². The van der Waals surface area contributed by atoms with E-state index in [0.717, 1.165) is 5.56 Å². The van der Waals surface area contributed by atoms with E-state index in [1.807, 2.05) is 6.07 Å². The van der Waals surface area contributed by atoms with Crippen LogP contribution < -0.4 is 20.1 Å². The number of methoxy groups -OCH3 is 2. The molecule has 1 aliphatic heterocycles. The number of rotatable bonds is 4. The molecule has 3 rings (SSSR count). The Hall–Kier alpha value is -3.35. The Kier molecular flexibility index (Phi) is 4.65. The third kappa shape index (κ3) is 3.45. The minimum Gasteiger partial charge on any atom is -0.508 e. The highest BCUT2D eigenvalue weighted by Crippen LogP contribution is 2.31. The monoisotopic (exact) mass is 341 g/mol. The van der Waals surface area contributed by atoms with Crippen LogP contribution >= 0.6 is 0 Å². The number of nitrogens with zero attached hydrogens (tertiary/aromatic N) is 1. The second kappa shape index (κ2) is 7.04. The Morgan fingerprint density at radius 2 is 1.96 bits per heavy atom. The van der Waals surface area contributed by atoms with Gasteiger partial charge in [0.25, 0.3) is 0 Å². The first-order valence-corrected chi connectivity index (χ1v) is 7.65. The van der Waals surface area contributed by atoms with Crippen LogP contribution in [0.25, 0.3) is 0 Å². The minimum atomic E-state index is -0.396. The summed E-state index contributed by atoms with van der Waals surface area (Å²) in [7, 11) is 3.09. The lowest BCUT2D eigenvalue weighted by Gasteiger charge is -2.24. The molecular weight excluding hydrogens is 322 g/mol. The quantitative estimate of drug-likeness (QED) is 0.796. The highest BCUT2D eigenvalue weighted by molar-refractivity contribution is 5.91. The first-order chi connectivity index (χ1) is 12.1. The van der Waals surface area contributed by atoms with Crippen LogP contribution in [0.3, 0.4) is 0 Å². The number of hydrogen-bond donors (Lipinski definition) is 3. The maximum Gasteiger partial charge on any atom is 0.327 e. The molecule has 130 valence electrons. The van der Waals surface area contributed by atoms with Crippen LogP contribution in [-0.4, -0.2) is 30.3 Å². The van der Waals surface area contributed by atoms with Gasteiger partial charge in [0.1, 0.15) is 11.9 Å². The summed E-state index contributed by atoms with van der Waals surface area (Å²) in [6.07, 6.45) is 2.93. The van der Waals surface area contributed by atoms with Crippen molar-refractivity contribution in [2.24, 2.45) is 0 Å². The average Bonchev–Trinajstić information content (AvgIpc) is 3.11. The maximum absolute atomic E-state index is 12.6. The number of anilines is 1. The van der Waals surface area contributed by atoms with Crippen LogP contribution in [0.1, 0.15) is 11.7 Å². The van der Waals surface area contributed by atoms with Crippen molar-refractivity contribution >= 4 is 11.7 Å². The number of urea groups is 1. The topological polar surface area (TPSA) is 83.1 Å². The number of phenols is 1. The summed E-state index contributed by atoms with van der Waals surface area (Å²) >= 11 is 0. The van der Waals surface area contributed by atoms with E-state index in [1.165, 1.54) is 12.0 Å². The van der Waals surface area contributed by atoms with Crippen LogP contribution in [-0.2, 0) is 0 Å². The van der Waals surface area contributed by atoms with E-state index in [1.54, 1.807) is 55.9 Å². The first-order valence-electron chi connectivity index (χ1n) is 7.65. The van der Waals surface area contributed by atoms with Crippen molar-refractivity contribution in [2.45, 2.75) is 6.17 Å². The first kappa shape index (κ1) is 16.5. The summed E-state index contributed by atoms with van der Waals surface area (Å²) in [5.74, 6) is 1.26. The summed E-state index contributed by atoms with van der Waals surface area (Å²) in [6, 6.07) is 11.6. The molecule has 0 bridgehead atoms. The van der Waals surface area contributed by atoms with Crippen molar-refractivity contribution in [2.75, 3.05) is 19.5 Å². The van der Waals surface area contributed by atoms with Crippen molar-refractivity contribution in [1.82, 2.24) is 10.2 Å². The zero-order valence-corrected chi connectivity index (χ0v) is 13.9. The maximum atomic E-state index is 12.6. The van der Waals surface area contributed by atoms with Gasteiger partial charge in [-0.05, 0) is 29.8 Å². The second-order valence-corrected chi connectivity index (χ2v) is 5.39. The third-order valence-electron chi connectivity index (χ3n) is 3.82. The Morgan fingerprint density at radius 1 is 1.16 bits per heavy atom. The predicted octanol–water partition coefficient (Wildman–Crippen LogP) is 3.02. The number of ether oxygens (including phenoxy) is 2. The van der Waals surface area contributed by atoms with Crippen LogP contribution in [0.2, 0.25) is 0 Å². The number of aromatic hydroxyl groups is 1. The molecule has 7 nitrogen and oxygen atoms in total. The lowest BCUT2D eigenvalue weighted by atomic mass is 10.1. The number of carbonyl (C=O) groups excluding carboxylic acids is 1. The molecule has 2 aromatic carbocycles. The van der Waals surface area contributed by atoms with Gasteiger partial charge in [-0.3, -0.25) is 4.90 Å². The molecule has 0 saturated carbocycles. The number of phenolic OH excluding ortho intramolecular Hbond substituents is 1. The van der Waals surface area contributed by atoms with Crippen molar-refractivity contribution < 1.29 is 19.4 Å². The summed E-state index contributed by atoms with van der Waals surface area (Å²) < 4.78 is 10.4. The fourth-order valence-corrected chi connectivity index (χ4v) is 2.62. The van der Waals surface area contributed by atoms with E-state index >= 15 is 0 Å². The molecule has 0 saturated heterocycles. The van der Waals surface area contributed by atoms with Crippen molar-refractivity contribution in [3.63, 3.8) is 0 Å². The molecule has 3 N–H and O–H groups in total. The van der Waals surface area contributed by atoms with Gasteiger partial charge >= 0.3 is 6.03 Å². The summed E-state index contributed by atoms with van der Waals surface area (Å²) in [4.78, 5) is 14.1. The summed E-state index contributed by atoms with van der Waals surface area (Å²) in [6.45, 7) is 0. The smallest absolute Gasteiger partial charge is 0.327 e. The summed E-state index contributed by atoms with van der Waals surface area (Å²) in [5, 5.41) is 15.6. The van der Waals surface area contributed by atoms with Gasteiger partial charge in [-0.1, -0.05) is 12.1 Å². The zero-order valence-electron chi connectivity index (χ0n) is 13.9. The predicted molar refractivity (Wildman–Crippen MR) is 93.5 cm³/mol. The molecule has 0 spiro atoms. The molecular formula is C18H19N3O4. The van der Waals surface area contributed by atoms with E-state index in [4.69, 9.17) is 9.47 Å². The molecule has 2 aromatic rings. The molecule has 1 heterocycles. The van der Waals surface area contributed by atoms with Crippen LogP contribution in [0.4, 0.5) is 10.5 Å². The lowest BCUT2D eigenvalue weighted by molar-refractivity contribution is 0.214. The van der Waals surface area contributed by atoms with Crippen LogP contribution in [0.15, 0.2) is 54.9 Å². The zero-order chi connectivity index (χ0) is 17.8.